The number of hydrogen-bond acceptors (Lipinski definition) is 2. The summed E-state index contributed by atoms with van der Waals surface area (Å²) in [6.45, 7) is 4.16. The highest BCUT2D eigenvalue weighted by Crippen LogP contribution is 2.34. The summed E-state index contributed by atoms with van der Waals surface area (Å²) in [5.74, 6) is 1.25. The molecule has 2 rings (SSSR count). The number of methoxy groups -OCH3 is 1. The second kappa shape index (κ2) is 4.16. The van der Waals surface area contributed by atoms with Crippen LogP contribution in [0.5, 0.6) is 5.75 Å². The molecule has 86 valence electrons. The topological polar surface area (TPSA) is 29.5 Å². The van der Waals surface area contributed by atoms with Gasteiger partial charge in [-0.05, 0) is 37.6 Å². The first kappa shape index (κ1) is 11.0. The third-order valence-electron chi connectivity index (χ3n) is 3.33. The molecule has 3 nitrogen and oxygen atoms in total. The number of ether oxygens (including phenoxy) is 1. The summed E-state index contributed by atoms with van der Waals surface area (Å²) < 4.78 is 5.09. The van der Waals surface area contributed by atoms with E-state index in [-0.39, 0.29) is 11.8 Å². The van der Waals surface area contributed by atoms with E-state index in [1.165, 1.54) is 0 Å². The van der Waals surface area contributed by atoms with Gasteiger partial charge in [0.25, 0.3) is 0 Å². The SMILES string of the molecule is CCC1C(=O)N(c2ccc(OC)cc2)[C@@H]1C. The minimum absolute atomic E-state index is 0.196. The van der Waals surface area contributed by atoms with Crippen molar-refractivity contribution in [1.82, 2.24) is 0 Å². The van der Waals surface area contributed by atoms with Gasteiger partial charge in [0.2, 0.25) is 5.91 Å². The molecule has 0 aliphatic carbocycles. The van der Waals surface area contributed by atoms with E-state index in [1.807, 2.05) is 29.2 Å². The van der Waals surface area contributed by atoms with Crippen LogP contribution in [0.3, 0.4) is 0 Å². The normalized spacial score (nSPS) is 24.2. The number of rotatable bonds is 3. The molecule has 1 saturated heterocycles. The van der Waals surface area contributed by atoms with Crippen molar-refractivity contribution < 1.29 is 9.53 Å². The standard InChI is InChI=1S/C13H17NO2/c1-4-12-9(2)14(13(12)15)10-5-7-11(16-3)8-6-10/h5-9,12H,4H2,1-3H3/t9-,12?/m1/s1. The van der Waals surface area contributed by atoms with Crippen LogP contribution < -0.4 is 9.64 Å². The van der Waals surface area contributed by atoms with Gasteiger partial charge in [0, 0.05) is 11.7 Å². The second-order valence-corrected chi connectivity index (χ2v) is 4.16. The third-order valence-corrected chi connectivity index (χ3v) is 3.33. The van der Waals surface area contributed by atoms with Gasteiger partial charge < -0.3 is 9.64 Å². The predicted molar refractivity (Wildman–Crippen MR) is 63.7 cm³/mol. The Morgan fingerprint density at radius 1 is 1.31 bits per heavy atom. The first-order valence-corrected chi connectivity index (χ1v) is 5.66. The fourth-order valence-electron chi connectivity index (χ4n) is 2.30. The molecule has 1 amide bonds. The maximum absolute atomic E-state index is 11.9. The summed E-state index contributed by atoms with van der Waals surface area (Å²) in [6.07, 6.45) is 0.923. The highest BCUT2D eigenvalue weighted by atomic mass is 16.5. The molecule has 0 spiro atoms. The van der Waals surface area contributed by atoms with Gasteiger partial charge in [-0.2, -0.15) is 0 Å². The number of carbonyl (C=O) groups is 1. The Hall–Kier alpha value is -1.51. The Morgan fingerprint density at radius 3 is 2.38 bits per heavy atom. The van der Waals surface area contributed by atoms with Gasteiger partial charge in [-0.15, -0.1) is 0 Å². The molecule has 1 unspecified atom stereocenters. The van der Waals surface area contributed by atoms with Crippen molar-refractivity contribution in [3.63, 3.8) is 0 Å². The number of anilines is 1. The molecule has 0 N–H and O–H groups in total. The summed E-state index contributed by atoms with van der Waals surface area (Å²) in [4.78, 5) is 13.7. The second-order valence-electron chi connectivity index (χ2n) is 4.16. The van der Waals surface area contributed by atoms with E-state index in [0.717, 1.165) is 17.9 Å². The maximum atomic E-state index is 11.9. The van der Waals surface area contributed by atoms with Crippen molar-refractivity contribution in [1.29, 1.82) is 0 Å². The number of β-lactam (4-membered cyclic amide) rings is 1. The zero-order valence-electron chi connectivity index (χ0n) is 9.93. The van der Waals surface area contributed by atoms with Crippen molar-refractivity contribution in [2.75, 3.05) is 12.0 Å². The molecule has 1 aliphatic heterocycles. The summed E-state index contributed by atoms with van der Waals surface area (Å²) in [5, 5.41) is 0. The molecule has 0 bridgehead atoms. The summed E-state index contributed by atoms with van der Waals surface area (Å²) in [6, 6.07) is 7.94. The van der Waals surface area contributed by atoms with Crippen LogP contribution in [0.15, 0.2) is 24.3 Å². The largest absolute Gasteiger partial charge is 0.497 e. The van der Waals surface area contributed by atoms with Crippen LogP contribution in [0.4, 0.5) is 5.69 Å². The fourth-order valence-corrected chi connectivity index (χ4v) is 2.30. The highest BCUT2D eigenvalue weighted by molar-refractivity contribution is 6.02. The summed E-state index contributed by atoms with van der Waals surface area (Å²) in [5.41, 5.74) is 0.961. The van der Waals surface area contributed by atoms with Crippen molar-refractivity contribution in [3.8, 4) is 5.75 Å². The minimum Gasteiger partial charge on any atom is -0.497 e. The summed E-state index contributed by atoms with van der Waals surface area (Å²) >= 11 is 0. The van der Waals surface area contributed by atoms with Crippen LogP contribution in [0.2, 0.25) is 0 Å². The molecular weight excluding hydrogens is 202 g/mol. The van der Waals surface area contributed by atoms with Crippen LogP contribution >= 0.6 is 0 Å². The maximum Gasteiger partial charge on any atom is 0.232 e. The molecule has 1 aromatic carbocycles. The fraction of sp³-hybridized carbons (Fsp3) is 0.462. The van der Waals surface area contributed by atoms with Crippen LogP contribution in [-0.2, 0) is 4.79 Å². The number of hydrogen-bond donors (Lipinski definition) is 0. The van der Waals surface area contributed by atoms with E-state index in [2.05, 4.69) is 13.8 Å². The summed E-state index contributed by atoms with van der Waals surface area (Å²) in [7, 11) is 1.64. The smallest absolute Gasteiger partial charge is 0.232 e. The molecule has 16 heavy (non-hydrogen) atoms. The van der Waals surface area contributed by atoms with E-state index in [4.69, 9.17) is 4.74 Å². The highest BCUT2D eigenvalue weighted by Gasteiger charge is 2.43. The Bertz CT molecular complexity index is 385. The van der Waals surface area contributed by atoms with Crippen molar-refractivity contribution in [2.45, 2.75) is 26.3 Å². The van der Waals surface area contributed by atoms with E-state index in [9.17, 15) is 4.79 Å². The van der Waals surface area contributed by atoms with Crippen molar-refractivity contribution in [2.24, 2.45) is 5.92 Å². The molecule has 2 atom stereocenters. The zero-order chi connectivity index (χ0) is 11.7. The zero-order valence-corrected chi connectivity index (χ0v) is 9.93. The average molecular weight is 219 g/mol. The Kier molecular flexibility index (Phi) is 2.86. The molecule has 1 aliphatic rings. The Labute approximate surface area is 96.0 Å². The van der Waals surface area contributed by atoms with Gasteiger partial charge in [0.05, 0.1) is 13.0 Å². The lowest BCUT2D eigenvalue weighted by molar-refractivity contribution is -0.129. The average Bonchev–Trinajstić information content (AvgIpc) is 2.31. The van der Waals surface area contributed by atoms with Gasteiger partial charge in [-0.3, -0.25) is 4.79 Å². The van der Waals surface area contributed by atoms with Crippen LogP contribution in [-0.4, -0.2) is 19.1 Å². The van der Waals surface area contributed by atoms with Crippen LogP contribution in [0.25, 0.3) is 0 Å². The molecular formula is C13H17NO2. The minimum atomic E-state index is 0.196. The van der Waals surface area contributed by atoms with Gasteiger partial charge in [-0.25, -0.2) is 0 Å². The number of carbonyl (C=O) groups excluding carboxylic acids is 1. The first-order chi connectivity index (χ1) is 7.69. The van der Waals surface area contributed by atoms with E-state index < -0.39 is 0 Å². The van der Waals surface area contributed by atoms with Gasteiger partial charge >= 0.3 is 0 Å². The number of amides is 1. The lowest BCUT2D eigenvalue weighted by Crippen LogP contribution is -2.59. The van der Waals surface area contributed by atoms with E-state index >= 15 is 0 Å². The number of benzene rings is 1. The van der Waals surface area contributed by atoms with Crippen LogP contribution in [0.1, 0.15) is 20.3 Å². The predicted octanol–water partition coefficient (Wildman–Crippen LogP) is 2.46. The van der Waals surface area contributed by atoms with E-state index in [1.54, 1.807) is 7.11 Å². The molecule has 1 aromatic rings. The molecule has 1 heterocycles. The molecule has 3 heteroatoms. The van der Waals surface area contributed by atoms with Gasteiger partial charge in [-0.1, -0.05) is 6.92 Å². The Morgan fingerprint density at radius 2 is 1.94 bits per heavy atom. The molecule has 0 radical (unpaired) electrons. The van der Waals surface area contributed by atoms with Crippen LogP contribution in [0, 0.1) is 5.92 Å². The lowest BCUT2D eigenvalue weighted by atomic mass is 9.86. The van der Waals surface area contributed by atoms with E-state index in [0.29, 0.717) is 6.04 Å². The first-order valence-electron chi connectivity index (χ1n) is 5.66. The molecule has 0 aromatic heterocycles. The van der Waals surface area contributed by atoms with Gasteiger partial charge in [0.15, 0.2) is 0 Å². The Balaban J connectivity index is 2.16. The molecule has 1 fully saturated rings. The number of nitrogens with zero attached hydrogens (tertiary/aromatic N) is 1. The van der Waals surface area contributed by atoms with Crippen molar-refractivity contribution >= 4 is 11.6 Å². The lowest BCUT2D eigenvalue weighted by Gasteiger charge is -2.45. The quantitative estimate of drug-likeness (QED) is 0.731. The molecule has 0 saturated carbocycles. The third kappa shape index (κ3) is 1.56. The van der Waals surface area contributed by atoms with Gasteiger partial charge in [0.1, 0.15) is 5.75 Å². The monoisotopic (exact) mass is 219 g/mol. The van der Waals surface area contributed by atoms with Crippen molar-refractivity contribution in [3.05, 3.63) is 24.3 Å².